The molecule has 1 aliphatic carbocycles. The monoisotopic (exact) mass is 454 g/mol. The summed E-state index contributed by atoms with van der Waals surface area (Å²) in [4.78, 5) is 43.1. The molecule has 0 saturated heterocycles. The van der Waals surface area contributed by atoms with Crippen molar-refractivity contribution >= 4 is 17.8 Å². The van der Waals surface area contributed by atoms with Gasteiger partial charge in [-0.05, 0) is 49.3 Å². The molecule has 0 unspecified atom stereocenters. The second kappa shape index (κ2) is 8.88. The fraction of sp³-hybridized carbons (Fsp3) is 0.250. The van der Waals surface area contributed by atoms with Crippen LogP contribution in [-0.2, 0) is 22.4 Å². The summed E-state index contributed by atoms with van der Waals surface area (Å²) >= 11 is 0. The molecule has 0 N–H and O–H groups in total. The lowest BCUT2D eigenvalue weighted by atomic mass is 10.0. The molecule has 3 aromatic rings. The zero-order valence-electron chi connectivity index (χ0n) is 19.2. The molecule has 34 heavy (non-hydrogen) atoms. The van der Waals surface area contributed by atoms with Gasteiger partial charge >= 0.3 is 5.97 Å². The van der Waals surface area contributed by atoms with E-state index in [0.29, 0.717) is 24.0 Å². The number of esters is 1. The van der Waals surface area contributed by atoms with Crippen LogP contribution < -0.4 is 0 Å². The van der Waals surface area contributed by atoms with Crippen molar-refractivity contribution in [3.63, 3.8) is 0 Å². The Morgan fingerprint density at radius 2 is 1.50 bits per heavy atom. The minimum absolute atomic E-state index is 0.350. The molecule has 0 spiro atoms. The highest BCUT2D eigenvalue weighted by Crippen LogP contribution is 2.41. The summed E-state index contributed by atoms with van der Waals surface area (Å²) in [7, 11) is 3.69. The van der Waals surface area contributed by atoms with E-state index in [-0.39, 0.29) is 17.8 Å². The van der Waals surface area contributed by atoms with Gasteiger partial charge in [0.25, 0.3) is 11.8 Å². The minimum Gasteiger partial charge on any atom is -0.458 e. The molecule has 0 fully saturated rings. The van der Waals surface area contributed by atoms with Crippen molar-refractivity contribution in [1.29, 1.82) is 0 Å². The molecule has 0 aromatic heterocycles. The van der Waals surface area contributed by atoms with Crippen molar-refractivity contribution in [3.05, 3.63) is 107 Å². The van der Waals surface area contributed by atoms with Crippen LogP contribution in [0.4, 0.5) is 0 Å². The molecule has 172 valence electrons. The van der Waals surface area contributed by atoms with E-state index in [0.717, 1.165) is 16.7 Å². The van der Waals surface area contributed by atoms with Gasteiger partial charge in [-0.2, -0.15) is 0 Å². The maximum Gasteiger partial charge on any atom is 0.324 e. The number of fused-ring (bicyclic) bond motifs is 2. The van der Waals surface area contributed by atoms with Gasteiger partial charge in [0.2, 0.25) is 0 Å². The summed E-state index contributed by atoms with van der Waals surface area (Å²) in [6.07, 6.45) is 0.306. The predicted molar refractivity (Wildman–Crippen MR) is 127 cm³/mol. The van der Waals surface area contributed by atoms with E-state index in [1.807, 2.05) is 73.6 Å². The van der Waals surface area contributed by atoms with Crippen molar-refractivity contribution in [3.8, 4) is 0 Å². The van der Waals surface area contributed by atoms with Crippen LogP contribution >= 0.6 is 0 Å². The smallest absolute Gasteiger partial charge is 0.324 e. The highest BCUT2D eigenvalue weighted by atomic mass is 16.5. The molecule has 6 heteroatoms. The number of carbonyl (C=O) groups excluding carboxylic acids is 3. The van der Waals surface area contributed by atoms with Crippen LogP contribution in [0.3, 0.4) is 0 Å². The number of hydrogen-bond donors (Lipinski definition) is 0. The lowest BCUT2D eigenvalue weighted by Crippen LogP contribution is -2.44. The number of hydrogen-bond acceptors (Lipinski definition) is 5. The Bertz CT molecular complexity index is 1220. The molecule has 3 aromatic carbocycles. The third-order valence-electron chi connectivity index (χ3n) is 6.69. The van der Waals surface area contributed by atoms with Crippen molar-refractivity contribution in [1.82, 2.24) is 9.80 Å². The topological polar surface area (TPSA) is 66.9 Å². The Balaban J connectivity index is 1.45. The van der Waals surface area contributed by atoms with Crippen LogP contribution in [0.25, 0.3) is 0 Å². The van der Waals surface area contributed by atoms with Gasteiger partial charge in [0.15, 0.2) is 0 Å². The number of carbonyl (C=O) groups is 3. The van der Waals surface area contributed by atoms with Gasteiger partial charge in [-0.3, -0.25) is 24.2 Å². The second-order valence-corrected chi connectivity index (χ2v) is 9.02. The molecule has 0 saturated carbocycles. The van der Waals surface area contributed by atoms with E-state index in [4.69, 9.17) is 4.74 Å². The average Bonchev–Trinajstić information content (AvgIpc) is 3.31. The Labute approximate surface area is 198 Å². The number of rotatable bonds is 6. The Morgan fingerprint density at radius 1 is 0.912 bits per heavy atom. The maximum absolute atomic E-state index is 13.4. The Hall–Kier alpha value is -3.77. The molecular weight excluding hydrogens is 428 g/mol. The molecule has 6 nitrogen and oxygen atoms in total. The quantitative estimate of drug-likeness (QED) is 0.420. The summed E-state index contributed by atoms with van der Waals surface area (Å²) in [5, 5.41) is 0. The largest absolute Gasteiger partial charge is 0.458 e. The van der Waals surface area contributed by atoms with Crippen LogP contribution in [0, 0.1) is 0 Å². The first kappa shape index (κ1) is 22.0. The summed E-state index contributed by atoms with van der Waals surface area (Å²) in [5.41, 5.74) is 3.63. The van der Waals surface area contributed by atoms with Crippen molar-refractivity contribution < 1.29 is 19.1 Å². The molecular formula is C28H26N2O4. The fourth-order valence-electron chi connectivity index (χ4n) is 4.95. The molecule has 0 bridgehead atoms. The first-order valence-corrected chi connectivity index (χ1v) is 11.4. The van der Waals surface area contributed by atoms with E-state index in [1.54, 1.807) is 24.3 Å². The lowest BCUT2D eigenvalue weighted by molar-refractivity contribution is -0.156. The first-order valence-electron chi connectivity index (χ1n) is 11.4. The number of amides is 2. The number of likely N-dealkylation sites (N-methyl/N-ethyl adjacent to an activating group) is 1. The SMILES string of the molecule is CN(C)[C@@H](Cc1ccccc1)C(=O)O[C@H]1Cc2ccccc2[C@H]1N1C(=O)c2ccccc2C1=O. The summed E-state index contributed by atoms with van der Waals surface area (Å²) in [6.45, 7) is 0. The number of nitrogens with zero attached hydrogens (tertiary/aromatic N) is 2. The standard InChI is InChI=1S/C28H26N2O4/c1-29(2)23(16-18-10-4-3-5-11-18)28(33)34-24-17-19-12-6-7-13-20(19)25(24)30-26(31)21-14-8-9-15-22(21)27(30)32/h3-15,23-25H,16-17H2,1-2H3/t23-,24-,25+/m0/s1. The molecule has 2 aliphatic rings. The summed E-state index contributed by atoms with van der Waals surface area (Å²) in [6, 6.07) is 23.1. The van der Waals surface area contributed by atoms with Crippen molar-refractivity contribution in [2.75, 3.05) is 14.1 Å². The van der Waals surface area contributed by atoms with E-state index in [9.17, 15) is 14.4 Å². The molecule has 5 rings (SSSR count). The maximum atomic E-state index is 13.4. The van der Waals surface area contributed by atoms with Crippen molar-refractivity contribution in [2.24, 2.45) is 0 Å². The lowest BCUT2D eigenvalue weighted by Gasteiger charge is -2.30. The minimum atomic E-state index is -0.660. The van der Waals surface area contributed by atoms with Gasteiger partial charge < -0.3 is 4.74 Å². The number of imide groups is 1. The van der Waals surface area contributed by atoms with Gasteiger partial charge in [0.1, 0.15) is 18.2 Å². The molecule has 2 amide bonds. The van der Waals surface area contributed by atoms with E-state index in [1.165, 1.54) is 4.90 Å². The summed E-state index contributed by atoms with van der Waals surface area (Å²) in [5.74, 6) is -1.07. The first-order chi connectivity index (χ1) is 16.5. The van der Waals surface area contributed by atoms with Gasteiger partial charge in [0.05, 0.1) is 11.1 Å². The normalized spacial score (nSPS) is 19.8. The molecule has 0 radical (unpaired) electrons. The zero-order chi connectivity index (χ0) is 23.8. The van der Waals surface area contributed by atoms with E-state index >= 15 is 0 Å². The zero-order valence-corrected chi connectivity index (χ0v) is 19.2. The summed E-state index contributed by atoms with van der Waals surface area (Å²) < 4.78 is 6.08. The van der Waals surface area contributed by atoms with Crippen LogP contribution in [-0.4, -0.2) is 53.8 Å². The van der Waals surface area contributed by atoms with E-state index in [2.05, 4.69) is 0 Å². The van der Waals surface area contributed by atoms with Crippen molar-refractivity contribution in [2.45, 2.75) is 31.0 Å². The number of ether oxygens (including phenoxy) is 1. The molecule has 1 heterocycles. The van der Waals surface area contributed by atoms with Gasteiger partial charge in [-0.25, -0.2) is 0 Å². The van der Waals surface area contributed by atoms with E-state index < -0.39 is 18.2 Å². The molecule has 1 aliphatic heterocycles. The fourth-order valence-corrected chi connectivity index (χ4v) is 4.95. The highest BCUT2D eigenvalue weighted by Gasteiger charge is 2.48. The second-order valence-electron chi connectivity index (χ2n) is 9.02. The van der Waals surface area contributed by atoms with Gasteiger partial charge in [-0.1, -0.05) is 66.7 Å². The molecule has 3 atom stereocenters. The van der Waals surface area contributed by atoms with Gasteiger partial charge in [0, 0.05) is 6.42 Å². The average molecular weight is 455 g/mol. The van der Waals surface area contributed by atoms with Gasteiger partial charge in [-0.15, -0.1) is 0 Å². The Morgan fingerprint density at radius 3 is 2.15 bits per heavy atom. The Kier molecular flexibility index (Phi) is 5.75. The predicted octanol–water partition coefficient (Wildman–Crippen LogP) is 3.66. The number of benzene rings is 3. The van der Waals surface area contributed by atoms with Crippen LogP contribution in [0.5, 0.6) is 0 Å². The van der Waals surface area contributed by atoms with Crippen LogP contribution in [0.15, 0.2) is 78.9 Å². The highest BCUT2D eigenvalue weighted by molar-refractivity contribution is 6.21. The van der Waals surface area contributed by atoms with Crippen LogP contribution in [0.2, 0.25) is 0 Å². The third-order valence-corrected chi connectivity index (χ3v) is 6.69. The van der Waals surface area contributed by atoms with Crippen LogP contribution in [0.1, 0.15) is 43.4 Å². The third kappa shape index (κ3) is 3.80.